The molecule has 0 bridgehead atoms. The van der Waals surface area contributed by atoms with Crippen LogP contribution in [0.5, 0.6) is 0 Å². The van der Waals surface area contributed by atoms with Crippen molar-refractivity contribution in [2.24, 2.45) is 0 Å². The molecule has 0 aliphatic carbocycles. The number of benzene rings is 1. The quantitative estimate of drug-likeness (QED) is 0.615. The van der Waals surface area contributed by atoms with Crippen LogP contribution >= 0.6 is 27.3 Å². The summed E-state index contributed by atoms with van der Waals surface area (Å²) < 4.78 is 1.10. The molecule has 1 heterocycles. The maximum Gasteiger partial charge on any atom is 0.292 e. The molecule has 2 rings (SSSR count). The molecule has 1 aromatic heterocycles. The second-order valence-corrected chi connectivity index (χ2v) is 6.67. The summed E-state index contributed by atoms with van der Waals surface area (Å²) in [7, 11) is 3.73. The molecule has 0 atom stereocenters. The zero-order valence-corrected chi connectivity index (χ0v) is 14.2. The zero-order valence-electron chi connectivity index (χ0n) is 11.8. The molecular weight excluding hydrogens is 354 g/mol. The predicted octanol–water partition coefficient (Wildman–Crippen LogP) is 4.09. The van der Waals surface area contributed by atoms with Crippen molar-refractivity contribution in [3.05, 3.63) is 54.7 Å². The maximum absolute atomic E-state index is 10.9. The van der Waals surface area contributed by atoms with Crippen molar-refractivity contribution in [2.75, 3.05) is 19.4 Å². The summed E-state index contributed by atoms with van der Waals surface area (Å²) in [6, 6.07) is 7.30. The van der Waals surface area contributed by atoms with Crippen LogP contribution in [0.1, 0.15) is 10.4 Å². The summed E-state index contributed by atoms with van der Waals surface area (Å²) in [6.07, 6.45) is 0. The monoisotopic (exact) mass is 369 g/mol. The van der Waals surface area contributed by atoms with Crippen molar-refractivity contribution >= 4 is 38.6 Å². The van der Waals surface area contributed by atoms with Crippen LogP contribution in [-0.4, -0.2) is 23.9 Å². The molecule has 5 nitrogen and oxygen atoms in total. The van der Waals surface area contributed by atoms with Gasteiger partial charge in [-0.2, -0.15) is 0 Å². The molecule has 0 unspecified atom stereocenters. The fourth-order valence-electron chi connectivity index (χ4n) is 2.11. The molecule has 0 spiro atoms. The highest BCUT2D eigenvalue weighted by atomic mass is 79.9. The van der Waals surface area contributed by atoms with Crippen LogP contribution in [-0.2, 0) is 13.1 Å². The third kappa shape index (κ3) is 4.26. The van der Waals surface area contributed by atoms with Gasteiger partial charge in [-0.05, 0) is 40.7 Å². The average molecular weight is 370 g/mol. The van der Waals surface area contributed by atoms with Crippen LogP contribution in [0.4, 0.5) is 11.4 Å². The van der Waals surface area contributed by atoms with Crippen LogP contribution in [0.2, 0.25) is 0 Å². The maximum atomic E-state index is 10.9. The standard InChI is InChI=1S/C14H16BrN3O2S/c1-16-13-5-10(3-4-14(13)18(19)20)7-17(2)8-12-6-11(15)9-21-12/h3-6,9,16H,7-8H2,1-2H3. The zero-order chi connectivity index (χ0) is 15.4. The lowest BCUT2D eigenvalue weighted by Gasteiger charge is -2.16. The Morgan fingerprint density at radius 2 is 2.14 bits per heavy atom. The second-order valence-electron chi connectivity index (χ2n) is 4.76. The topological polar surface area (TPSA) is 58.4 Å². The van der Waals surface area contributed by atoms with Crippen LogP contribution in [0.25, 0.3) is 0 Å². The first-order chi connectivity index (χ1) is 9.99. The van der Waals surface area contributed by atoms with Crippen molar-refractivity contribution < 1.29 is 4.92 Å². The van der Waals surface area contributed by atoms with E-state index in [1.54, 1.807) is 30.5 Å². The average Bonchev–Trinajstić information content (AvgIpc) is 2.83. The highest BCUT2D eigenvalue weighted by Crippen LogP contribution is 2.26. The van der Waals surface area contributed by atoms with E-state index in [1.807, 2.05) is 13.1 Å². The van der Waals surface area contributed by atoms with Gasteiger partial charge in [0.05, 0.1) is 4.92 Å². The summed E-state index contributed by atoms with van der Waals surface area (Å²) in [6.45, 7) is 1.59. The Bertz CT molecular complexity index is 645. The van der Waals surface area contributed by atoms with Gasteiger partial charge >= 0.3 is 0 Å². The smallest absolute Gasteiger partial charge is 0.292 e. The molecule has 1 N–H and O–H groups in total. The fraction of sp³-hybridized carbons (Fsp3) is 0.286. The fourth-order valence-corrected chi connectivity index (χ4v) is 3.64. The highest BCUT2D eigenvalue weighted by molar-refractivity contribution is 9.10. The Morgan fingerprint density at radius 3 is 2.71 bits per heavy atom. The molecule has 0 radical (unpaired) electrons. The molecule has 0 saturated carbocycles. The van der Waals surface area contributed by atoms with Crippen LogP contribution < -0.4 is 5.32 Å². The van der Waals surface area contributed by atoms with Crippen molar-refractivity contribution in [1.29, 1.82) is 0 Å². The predicted molar refractivity (Wildman–Crippen MR) is 89.8 cm³/mol. The number of nitrogens with zero attached hydrogens (tertiary/aromatic N) is 2. The number of anilines is 1. The Labute approximate surface area is 135 Å². The molecule has 112 valence electrons. The summed E-state index contributed by atoms with van der Waals surface area (Å²) >= 11 is 5.16. The lowest BCUT2D eigenvalue weighted by atomic mass is 10.1. The number of nitrogens with one attached hydrogen (secondary N) is 1. The Hall–Kier alpha value is -1.44. The molecule has 0 saturated heterocycles. The lowest BCUT2D eigenvalue weighted by molar-refractivity contribution is -0.384. The molecule has 0 aliphatic rings. The molecule has 0 fully saturated rings. The third-order valence-corrected chi connectivity index (χ3v) is 4.71. The van der Waals surface area contributed by atoms with Crippen molar-refractivity contribution in [1.82, 2.24) is 4.90 Å². The van der Waals surface area contributed by atoms with Gasteiger partial charge in [0.15, 0.2) is 0 Å². The summed E-state index contributed by atoms with van der Waals surface area (Å²) in [5, 5.41) is 15.9. The van der Waals surface area contributed by atoms with E-state index < -0.39 is 0 Å². The number of rotatable bonds is 6. The van der Waals surface area contributed by atoms with Crippen LogP contribution in [0, 0.1) is 10.1 Å². The number of nitro benzene ring substituents is 1. The Balaban J connectivity index is 2.06. The van der Waals surface area contributed by atoms with Gasteiger partial charge < -0.3 is 5.32 Å². The SMILES string of the molecule is CNc1cc(CN(C)Cc2cc(Br)cs2)ccc1[N+](=O)[O-]. The number of hydrogen-bond acceptors (Lipinski definition) is 5. The van der Waals surface area contributed by atoms with E-state index in [4.69, 9.17) is 0 Å². The second kappa shape index (κ2) is 7.02. The van der Waals surface area contributed by atoms with Gasteiger partial charge in [-0.3, -0.25) is 15.0 Å². The van der Waals surface area contributed by atoms with Crippen molar-refractivity contribution in [3.63, 3.8) is 0 Å². The van der Waals surface area contributed by atoms with E-state index in [1.165, 1.54) is 4.88 Å². The van der Waals surface area contributed by atoms with E-state index in [0.717, 1.165) is 23.1 Å². The summed E-state index contributed by atoms with van der Waals surface area (Å²) in [5.41, 5.74) is 1.69. The summed E-state index contributed by atoms with van der Waals surface area (Å²) in [4.78, 5) is 14.0. The van der Waals surface area contributed by atoms with Crippen LogP contribution in [0.15, 0.2) is 34.1 Å². The molecule has 2 aromatic rings. The van der Waals surface area contributed by atoms with E-state index in [2.05, 4.69) is 37.6 Å². The first-order valence-electron chi connectivity index (χ1n) is 6.36. The van der Waals surface area contributed by atoms with Crippen LogP contribution in [0.3, 0.4) is 0 Å². The minimum Gasteiger partial charge on any atom is -0.383 e. The minimum absolute atomic E-state index is 0.103. The van der Waals surface area contributed by atoms with Gasteiger partial charge in [-0.25, -0.2) is 0 Å². The van der Waals surface area contributed by atoms with Gasteiger partial charge in [-0.15, -0.1) is 11.3 Å². The van der Waals surface area contributed by atoms with E-state index in [0.29, 0.717) is 5.69 Å². The number of thiophene rings is 1. The molecule has 0 aliphatic heterocycles. The van der Waals surface area contributed by atoms with E-state index in [9.17, 15) is 10.1 Å². The minimum atomic E-state index is -0.373. The Morgan fingerprint density at radius 1 is 1.38 bits per heavy atom. The van der Waals surface area contributed by atoms with E-state index in [-0.39, 0.29) is 10.6 Å². The van der Waals surface area contributed by atoms with Gasteiger partial charge in [-0.1, -0.05) is 6.07 Å². The van der Waals surface area contributed by atoms with E-state index >= 15 is 0 Å². The number of hydrogen-bond donors (Lipinski definition) is 1. The van der Waals surface area contributed by atoms with Gasteiger partial charge in [0, 0.05) is 40.9 Å². The number of nitro groups is 1. The first-order valence-corrected chi connectivity index (χ1v) is 8.03. The van der Waals surface area contributed by atoms with Gasteiger partial charge in [0.25, 0.3) is 5.69 Å². The van der Waals surface area contributed by atoms with Crippen molar-refractivity contribution in [2.45, 2.75) is 13.1 Å². The summed E-state index contributed by atoms with van der Waals surface area (Å²) in [5.74, 6) is 0. The molecule has 21 heavy (non-hydrogen) atoms. The van der Waals surface area contributed by atoms with Gasteiger partial charge in [0.2, 0.25) is 0 Å². The van der Waals surface area contributed by atoms with Gasteiger partial charge in [0.1, 0.15) is 5.69 Å². The van der Waals surface area contributed by atoms with Crippen molar-refractivity contribution in [3.8, 4) is 0 Å². The molecule has 7 heteroatoms. The lowest BCUT2D eigenvalue weighted by Crippen LogP contribution is -2.16. The molecular formula is C14H16BrN3O2S. The molecule has 1 aromatic carbocycles. The largest absolute Gasteiger partial charge is 0.383 e. The number of halogens is 1. The first kappa shape index (κ1) is 15.9. The Kier molecular flexibility index (Phi) is 5.33. The molecule has 0 amide bonds. The third-order valence-electron chi connectivity index (χ3n) is 3.03. The normalized spacial score (nSPS) is 10.9. The highest BCUT2D eigenvalue weighted by Gasteiger charge is 2.13.